The minimum atomic E-state index is -0.760. The molecule has 0 atom stereocenters. The predicted molar refractivity (Wildman–Crippen MR) is 77.9 cm³/mol. The Morgan fingerprint density at radius 2 is 1.11 bits per heavy atom. The van der Waals surface area contributed by atoms with E-state index in [1.165, 1.54) is 0 Å². The van der Waals surface area contributed by atoms with Crippen LogP contribution >= 0.6 is 0 Å². The first-order valence-corrected chi connectivity index (χ1v) is 7.24. The first kappa shape index (κ1) is 16.9. The Labute approximate surface area is 118 Å². The topological polar surface area (TPSA) is 28.2 Å². The summed E-state index contributed by atoms with van der Waals surface area (Å²) in [5.41, 5.74) is 0. The highest BCUT2D eigenvalue weighted by Gasteiger charge is 2.44. The molecule has 0 amide bonds. The summed E-state index contributed by atoms with van der Waals surface area (Å²) in [6, 6.07) is -0.760. The van der Waals surface area contributed by atoms with E-state index in [0.29, 0.717) is 0 Å². The molecule has 5 nitrogen and oxygen atoms in total. The maximum absolute atomic E-state index is 6.20. The third kappa shape index (κ3) is 4.39. The van der Waals surface area contributed by atoms with Crippen molar-refractivity contribution in [1.29, 1.82) is 0 Å². The lowest BCUT2D eigenvalue weighted by Crippen LogP contribution is -2.66. The Balaban J connectivity index is 2.98. The van der Waals surface area contributed by atoms with Crippen LogP contribution in [0.5, 0.6) is 0 Å². The molecule has 0 aromatic heterocycles. The SMILES string of the molecule is CC(C)OC1(OC(C)C)N(C)CCN(C)CCN1C. The first-order chi connectivity index (χ1) is 8.78. The van der Waals surface area contributed by atoms with Gasteiger partial charge in [-0.2, -0.15) is 0 Å². The Hall–Kier alpha value is -0.200. The largest absolute Gasteiger partial charge is 0.322 e. The highest BCUT2D eigenvalue weighted by Crippen LogP contribution is 2.26. The zero-order valence-electron chi connectivity index (χ0n) is 13.6. The second kappa shape index (κ2) is 6.99. The molecule has 1 rings (SSSR count). The number of hydrogen-bond acceptors (Lipinski definition) is 5. The number of rotatable bonds is 4. The van der Waals surface area contributed by atoms with Crippen molar-refractivity contribution in [3.05, 3.63) is 0 Å². The molecule has 0 aromatic carbocycles. The van der Waals surface area contributed by atoms with Crippen molar-refractivity contribution in [2.75, 3.05) is 47.3 Å². The van der Waals surface area contributed by atoms with Crippen LogP contribution in [0.4, 0.5) is 0 Å². The van der Waals surface area contributed by atoms with Gasteiger partial charge in [0.2, 0.25) is 0 Å². The Morgan fingerprint density at radius 3 is 1.42 bits per heavy atom. The fourth-order valence-electron chi connectivity index (χ4n) is 2.33. The van der Waals surface area contributed by atoms with Gasteiger partial charge in [0, 0.05) is 26.2 Å². The molecule has 0 unspecified atom stereocenters. The maximum Gasteiger partial charge on any atom is 0.297 e. The molecule has 1 aliphatic heterocycles. The van der Waals surface area contributed by atoms with Gasteiger partial charge in [0.15, 0.2) is 0 Å². The Kier molecular flexibility index (Phi) is 6.20. The highest BCUT2D eigenvalue weighted by molar-refractivity contribution is 4.76. The van der Waals surface area contributed by atoms with Crippen LogP contribution in [0.25, 0.3) is 0 Å². The number of ether oxygens (including phenoxy) is 2. The van der Waals surface area contributed by atoms with Gasteiger partial charge in [-0.25, -0.2) is 9.80 Å². The molecule has 114 valence electrons. The average molecular weight is 273 g/mol. The quantitative estimate of drug-likeness (QED) is 0.719. The van der Waals surface area contributed by atoms with Crippen molar-refractivity contribution in [2.45, 2.75) is 45.9 Å². The molecule has 1 aliphatic rings. The van der Waals surface area contributed by atoms with E-state index in [1.807, 2.05) is 0 Å². The summed E-state index contributed by atoms with van der Waals surface area (Å²) in [5.74, 6) is 0. The van der Waals surface area contributed by atoms with E-state index in [1.54, 1.807) is 0 Å². The summed E-state index contributed by atoms with van der Waals surface area (Å²) in [6.07, 6.45) is 0.224. The van der Waals surface area contributed by atoms with Crippen molar-refractivity contribution in [2.24, 2.45) is 0 Å². The predicted octanol–water partition coefficient (Wildman–Crippen LogP) is 1.26. The summed E-state index contributed by atoms with van der Waals surface area (Å²) < 4.78 is 12.4. The van der Waals surface area contributed by atoms with Gasteiger partial charge in [0.05, 0.1) is 12.2 Å². The van der Waals surface area contributed by atoms with E-state index in [4.69, 9.17) is 9.47 Å². The number of nitrogens with zero attached hydrogens (tertiary/aromatic N) is 3. The molecule has 1 saturated heterocycles. The van der Waals surface area contributed by atoms with Crippen LogP contribution in [0.1, 0.15) is 27.7 Å². The maximum atomic E-state index is 6.20. The summed E-state index contributed by atoms with van der Waals surface area (Å²) in [4.78, 5) is 6.67. The smallest absolute Gasteiger partial charge is 0.297 e. The summed E-state index contributed by atoms with van der Waals surface area (Å²) >= 11 is 0. The minimum Gasteiger partial charge on any atom is -0.322 e. The van der Waals surface area contributed by atoms with Crippen molar-refractivity contribution < 1.29 is 9.47 Å². The molecule has 19 heavy (non-hydrogen) atoms. The van der Waals surface area contributed by atoms with Gasteiger partial charge in [0.1, 0.15) is 0 Å². The zero-order valence-corrected chi connectivity index (χ0v) is 13.6. The van der Waals surface area contributed by atoms with Crippen LogP contribution in [0, 0.1) is 0 Å². The Bertz CT molecular complexity index is 245. The van der Waals surface area contributed by atoms with E-state index >= 15 is 0 Å². The highest BCUT2D eigenvalue weighted by atomic mass is 16.8. The number of hydrogen-bond donors (Lipinski definition) is 0. The van der Waals surface area contributed by atoms with Gasteiger partial charge in [-0.3, -0.25) is 0 Å². The summed E-state index contributed by atoms with van der Waals surface area (Å²) in [7, 11) is 6.29. The second-order valence-corrected chi connectivity index (χ2v) is 6.03. The van der Waals surface area contributed by atoms with Gasteiger partial charge < -0.3 is 14.4 Å². The molecular weight excluding hydrogens is 242 g/mol. The van der Waals surface area contributed by atoms with Crippen LogP contribution in [-0.2, 0) is 9.47 Å². The van der Waals surface area contributed by atoms with Crippen LogP contribution < -0.4 is 0 Å². The lowest BCUT2D eigenvalue weighted by Gasteiger charge is -2.49. The van der Waals surface area contributed by atoms with Crippen molar-refractivity contribution in [3.8, 4) is 0 Å². The van der Waals surface area contributed by atoms with E-state index in [2.05, 4.69) is 63.5 Å². The fraction of sp³-hybridized carbons (Fsp3) is 1.00. The lowest BCUT2D eigenvalue weighted by atomic mass is 10.3. The molecular formula is C14H31N3O2. The van der Waals surface area contributed by atoms with Crippen molar-refractivity contribution in [1.82, 2.24) is 14.7 Å². The van der Waals surface area contributed by atoms with E-state index in [-0.39, 0.29) is 12.2 Å². The van der Waals surface area contributed by atoms with Crippen LogP contribution in [0.2, 0.25) is 0 Å². The third-order valence-corrected chi connectivity index (χ3v) is 3.38. The lowest BCUT2D eigenvalue weighted by molar-refractivity contribution is -0.403. The van der Waals surface area contributed by atoms with E-state index in [0.717, 1.165) is 26.2 Å². The molecule has 5 heteroatoms. The molecule has 0 saturated carbocycles. The Morgan fingerprint density at radius 1 is 0.737 bits per heavy atom. The molecule has 0 radical (unpaired) electrons. The normalized spacial score (nSPS) is 23.8. The molecule has 1 fully saturated rings. The molecule has 0 spiro atoms. The molecule has 0 aliphatic carbocycles. The molecule has 0 N–H and O–H groups in total. The van der Waals surface area contributed by atoms with Gasteiger partial charge in [-0.1, -0.05) is 0 Å². The van der Waals surface area contributed by atoms with E-state index < -0.39 is 6.03 Å². The van der Waals surface area contributed by atoms with Crippen LogP contribution in [0.3, 0.4) is 0 Å². The van der Waals surface area contributed by atoms with Gasteiger partial charge in [-0.15, -0.1) is 0 Å². The molecule has 0 bridgehead atoms. The van der Waals surface area contributed by atoms with Crippen molar-refractivity contribution >= 4 is 0 Å². The van der Waals surface area contributed by atoms with Gasteiger partial charge in [0.25, 0.3) is 6.03 Å². The van der Waals surface area contributed by atoms with Crippen molar-refractivity contribution in [3.63, 3.8) is 0 Å². The summed E-state index contributed by atoms with van der Waals surface area (Å²) in [5, 5.41) is 0. The third-order valence-electron chi connectivity index (χ3n) is 3.38. The molecule has 1 heterocycles. The van der Waals surface area contributed by atoms with E-state index in [9.17, 15) is 0 Å². The summed E-state index contributed by atoms with van der Waals surface area (Å²) in [6.45, 7) is 12.1. The second-order valence-electron chi connectivity index (χ2n) is 6.03. The van der Waals surface area contributed by atoms with Crippen LogP contribution in [-0.4, -0.2) is 80.3 Å². The average Bonchev–Trinajstić information content (AvgIpc) is 2.29. The van der Waals surface area contributed by atoms with Crippen LogP contribution in [0.15, 0.2) is 0 Å². The first-order valence-electron chi connectivity index (χ1n) is 7.24. The minimum absolute atomic E-state index is 0.112. The molecule has 0 aromatic rings. The standard InChI is InChI=1S/C14H31N3O2/c1-12(2)18-14(19-13(3)4)16(6)10-8-15(5)9-11-17(14)7/h12-13H,8-11H2,1-7H3. The monoisotopic (exact) mass is 273 g/mol. The fourth-order valence-corrected chi connectivity index (χ4v) is 2.33. The van der Waals surface area contributed by atoms with Gasteiger partial charge in [-0.05, 0) is 48.8 Å². The number of likely N-dealkylation sites (N-methyl/N-ethyl adjacent to an activating group) is 3. The zero-order chi connectivity index (χ0) is 14.6. The van der Waals surface area contributed by atoms with Gasteiger partial charge >= 0.3 is 0 Å².